The van der Waals surface area contributed by atoms with Gasteiger partial charge in [-0.05, 0) is 56.3 Å². The maximum atomic E-state index is 15.7. The van der Waals surface area contributed by atoms with Gasteiger partial charge in [0.2, 0.25) is 0 Å². The molecule has 0 saturated carbocycles. The Morgan fingerprint density at radius 2 is 1.83 bits per heavy atom. The number of piperidine rings is 1. The number of rotatable bonds is 4. The largest absolute Gasteiger partial charge is 0.346 e. The summed E-state index contributed by atoms with van der Waals surface area (Å²) in [4.78, 5) is 14.3. The molecule has 1 fully saturated rings. The van der Waals surface area contributed by atoms with Crippen molar-refractivity contribution in [3.63, 3.8) is 0 Å². The zero-order valence-electron chi connectivity index (χ0n) is 16.8. The minimum atomic E-state index is -1.29. The fraction of sp³-hybridized carbons (Fsp3) is 0.304. The van der Waals surface area contributed by atoms with Crippen molar-refractivity contribution in [2.24, 2.45) is 0 Å². The number of aromatic nitrogens is 4. The molecule has 30 heavy (non-hydrogen) atoms. The third-order valence-corrected chi connectivity index (χ3v) is 6.01. The van der Waals surface area contributed by atoms with Crippen molar-refractivity contribution >= 4 is 11.0 Å². The topological polar surface area (TPSA) is 49.7 Å². The van der Waals surface area contributed by atoms with Gasteiger partial charge in [0.1, 0.15) is 17.1 Å². The molecule has 0 bridgehead atoms. The lowest BCUT2D eigenvalue weighted by Gasteiger charge is -2.35. The quantitative estimate of drug-likeness (QED) is 0.535. The molecule has 0 unspecified atom stereocenters. The number of benzene rings is 1. The van der Waals surface area contributed by atoms with E-state index in [1.54, 1.807) is 24.7 Å². The van der Waals surface area contributed by atoms with Crippen molar-refractivity contribution in [2.75, 3.05) is 20.1 Å². The molecule has 154 valence electrons. The van der Waals surface area contributed by atoms with E-state index < -0.39 is 5.67 Å². The predicted octanol–water partition coefficient (Wildman–Crippen LogP) is 4.67. The molecule has 4 aromatic rings. The summed E-state index contributed by atoms with van der Waals surface area (Å²) < 4.78 is 31.1. The van der Waals surface area contributed by atoms with Crippen LogP contribution in [0.5, 0.6) is 0 Å². The molecule has 0 spiro atoms. The summed E-state index contributed by atoms with van der Waals surface area (Å²) in [5.41, 5.74) is 2.73. The fourth-order valence-corrected chi connectivity index (χ4v) is 4.25. The summed E-state index contributed by atoms with van der Waals surface area (Å²) >= 11 is 0. The molecule has 0 aliphatic carbocycles. The van der Waals surface area contributed by atoms with E-state index in [0.717, 1.165) is 40.9 Å². The zero-order valence-corrected chi connectivity index (χ0v) is 16.8. The first-order valence-corrected chi connectivity index (χ1v) is 10.1. The highest BCUT2D eigenvalue weighted by molar-refractivity contribution is 5.95. The molecule has 0 atom stereocenters. The molecular formula is C23H23F2N5. The lowest BCUT2D eigenvalue weighted by molar-refractivity contribution is 0.0536. The van der Waals surface area contributed by atoms with Crippen molar-refractivity contribution < 1.29 is 8.78 Å². The molecule has 5 rings (SSSR count). The number of halogens is 2. The number of alkyl halides is 1. The van der Waals surface area contributed by atoms with Crippen LogP contribution in [0.4, 0.5) is 8.78 Å². The van der Waals surface area contributed by atoms with Crippen LogP contribution in [-0.4, -0.2) is 50.2 Å². The van der Waals surface area contributed by atoms with E-state index in [1.807, 2.05) is 29.9 Å². The molecule has 1 aromatic carbocycles. The van der Waals surface area contributed by atoms with E-state index in [-0.39, 0.29) is 12.4 Å². The lowest BCUT2D eigenvalue weighted by atomic mass is 9.93. The van der Waals surface area contributed by atoms with Gasteiger partial charge >= 0.3 is 0 Å². The summed E-state index contributed by atoms with van der Waals surface area (Å²) in [6, 6.07) is 10.2. The SMILES string of the molecule is CN1CCC(F)(Cn2cnc(-c3ccc(F)cc3)c2-c2ccnc3[nH]ccc23)CC1. The number of imidazole rings is 1. The maximum absolute atomic E-state index is 15.7. The first-order chi connectivity index (χ1) is 14.5. The zero-order chi connectivity index (χ0) is 20.7. The molecule has 1 aliphatic rings. The van der Waals surface area contributed by atoms with Gasteiger partial charge in [-0.1, -0.05) is 0 Å². The Balaban J connectivity index is 1.64. The second-order valence-electron chi connectivity index (χ2n) is 8.13. The van der Waals surface area contributed by atoms with Crippen LogP contribution in [0.1, 0.15) is 12.8 Å². The number of hydrogen-bond acceptors (Lipinski definition) is 3. The van der Waals surface area contributed by atoms with E-state index in [2.05, 4.69) is 19.9 Å². The number of hydrogen-bond donors (Lipinski definition) is 1. The lowest BCUT2D eigenvalue weighted by Crippen LogP contribution is -2.42. The number of likely N-dealkylation sites (tertiary alicyclic amines) is 1. The molecule has 5 nitrogen and oxygen atoms in total. The van der Waals surface area contributed by atoms with Gasteiger partial charge < -0.3 is 14.5 Å². The molecule has 1 aliphatic heterocycles. The summed E-state index contributed by atoms with van der Waals surface area (Å²) in [6.07, 6.45) is 6.26. The number of H-pyrrole nitrogens is 1. The fourth-order valence-electron chi connectivity index (χ4n) is 4.25. The number of nitrogens with zero attached hydrogens (tertiary/aromatic N) is 4. The smallest absolute Gasteiger partial charge is 0.137 e. The van der Waals surface area contributed by atoms with Gasteiger partial charge in [-0.15, -0.1) is 0 Å². The van der Waals surface area contributed by atoms with Gasteiger partial charge in [0, 0.05) is 42.0 Å². The Morgan fingerprint density at radius 3 is 2.60 bits per heavy atom. The Kier molecular flexibility index (Phi) is 4.62. The van der Waals surface area contributed by atoms with Gasteiger partial charge in [0.25, 0.3) is 0 Å². The Labute approximate surface area is 173 Å². The minimum absolute atomic E-state index is 0.235. The maximum Gasteiger partial charge on any atom is 0.137 e. The van der Waals surface area contributed by atoms with Crippen LogP contribution in [0.25, 0.3) is 33.5 Å². The number of nitrogens with one attached hydrogen (secondary N) is 1. The van der Waals surface area contributed by atoms with Crippen molar-refractivity contribution in [3.8, 4) is 22.5 Å². The summed E-state index contributed by atoms with van der Waals surface area (Å²) in [6.45, 7) is 1.71. The predicted molar refractivity (Wildman–Crippen MR) is 113 cm³/mol. The molecule has 3 aromatic heterocycles. The molecule has 1 saturated heterocycles. The Morgan fingerprint density at radius 1 is 1.07 bits per heavy atom. The number of fused-ring (bicyclic) bond motifs is 1. The highest BCUT2D eigenvalue weighted by atomic mass is 19.1. The monoisotopic (exact) mass is 407 g/mol. The molecule has 0 radical (unpaired) electrons. The van der Waals surface area contributed by atoms with Crippen LogP contribution >= 0.6 is 0 Å². The van der Waals surface area contributed by atoms with Gasteiger partial charge in [-0.3, -0.25) is 0 Å². The average molecular weight is 407 g/mol. The third-order valence-electron chi connectivity index (χ3n) is 6.01. The summed E-state index contributed by atoms with van der Waals surface area (Å²) in [7, 11) is 2.02. The molecule has 0 amide bonds. The normalized spacial score (nSPS) is 16.9. The number of aromatic amines is 1. The van der Waals surface area contributed by atoms with E-state index in [0.29, 0.717) is 18.5 Å². The standard InChI is InChI=1S/C23H23F2N5/c1-29-12-8-23(25,9-13-29)14-30-15-28-20(16-2-4-17(24)5-3-16)21(30)18-6-10-26-22-19(18)7-11-27-22/h2-7,10-11,15H,8-9,12-14H2,1H3,(H,26,27). The Hall–Kier alpha value is -3.06. The van der Waals surface area contributed by atoms with Crippen LogP contribution in [-0.2, 0) is 6.54 Å². The molecule has 1 N–H and O–H groups in total. The summed E-state index contributed by atoms with van der Waals surface area (Å²) in [5, 5.41) is 0.943. The van der Waals surface area contributed by atoms with Gasteiger partial charge in [-0.25, -0.2) is 18.7 Å². The first kappa shape index (κ1) is 18.9. The van der Waals surface area contributed by atoms with E-state index in [4.69, 9.17) is 0 Å². The van der Waals surface area contributed by atoms with Crippen LogP contribution in [0.2, 0.25) is 0 Å². The minimum Gasteiger partial charge on any atom is -0.346 e. The van der Waals surface area contributed by atoms with Gasteiger partial charge in [0.15, 0.2) is 0 Å². The van der Waals surface area contributed by atoms with Gasteiger partial charge in [0.05, 0.1) is 24.3 Å². The summed E-state index contributed by atoms with van der Waals surface area (Å²) in [5.74, 6) is -0.300. The van der Waals surface area contributed by atoms with Crippen LogP contribution in [0.15, 0.2) is 55.1 Å². The highest BCUT2D eigenvalue weighted by Crippen LogP contribution is 2.37. The van der Waals surface area contributed by atoms with E-state index in [9.17, 15) is 4.39 Å². The van der Waals surface area contributed by atoms with Crippen LogP contribution in [0, 0.1) is 5.82 Å². The second kappa shape index (κ2) is 7.32. The van der Waals surface area contributed by atoms with Gasteiger partial charge in [-0.2, -0.15) is 0 Å². The molecular weight excluding hydrogens is 384 g/mol. The first-order valence-electron chi connectivity index (χ1n) is 10.1. The van der Waals surface area contributed by atoms with Crippen LogP contribution < -0.4 is 0 Å². The Bertz CT molecular complexity index is 1170. The van der Waals surface area contributed by atoms with E-state index in [1.165, 1.54) is 12.1 Å². The average Bonchev–Trinajstić information content (AvgIpc) is 3.38. The number of pyridine rings is 1. The second-order valence-corrected chi connectivity index (χ2v) is 8.13. The van der Waals surface area contributed by atoms with Crippen LogP contribution in [0.3, 0.4) is 0 Å². The highest BCUT2D eigenvalue weighted by Gasteiger charge is 2.35. The van der Waals surface area contributed by atoms with Crippen molar-refractivity contribution in [1.29, 1.82) is 0 Å². The van der Waals surface area contributed by atoms with E-state index >= 15 is 4.39 Å². The third kappa shape index (κ3) is 3.39. The van der Waals surface area contributed by atoms with Crippen molar-refractivity contribution in [1.82, 2.24) is 24.4 Å². The van der Waals surface area contributed by atoms with Crippen molar-refractivity contribution in [3.05, 3.63) is 60.9 Å². The van der Waals surface area contributed by atoms with Crippen molar-refractivity contribution in [2.45, 2.75) is 25.1 Å². The molecule has 4 heterocycles. The molecule has 7 heteroatoms.